The van der Waals surface area contributed by atoms with E-state index in [-0.39, 0.29) is 0 Å². The summed E-state index contributed by atoms with van der Waals surface area (Å²) in [4.78, 5) is 0. The molecule has 0 bridgehead atoms. The van der Waals surface area contributed by atoms with Gasteiger partial charge in [0.15, 0.2) is 0 Å². The van der Waals surface area contributed by atoms with Crippen LogP contribution in [0.1, 0.15) is 32.6 Å². The Balaban J connectivity index is 3.86. The quantitative estimate of drug-likeness (QED) is 0.548. The SMILES string of the molecule is CCCCC(CO)CC#C[Si](C)(C)C. The van der Waals surface area contributed by atoms with Crippen molar-refractivity contribution in [1.29, 1.82) is 0 Å². The predicted molar refractivity (Wildman–Crippen MR) is 65.8 cm³/mol. The van der Waals surface area contributed by atoms with Crippen LogP contribution in [0.4, 0.5) is 0 Å². The molecule has 0 amide bonds. The third-order valence-corrected chi connectivity index (χ3v) is 3.01. The van der Waals surface area contributed by atoms with Gasteiger partial charge in [-0.15, -0.1) is 11.5 Å². The summed E-state index contributed by atoms with van der Waals surface area (Å²) in [5.41, 5.74) is 3.34. The van der Waals surface area contributed by atoms with Gasteiger partial charge >= 0.3 is 0 Å². The Kier molecular flexibility index (Phi) is 6.95. The summed E-state index contributed by atoms with van der Waals surface area (Å²) in [6.45, 7) is 9.22. The first-order chi connectivity index (χ1) is 6.49. The lowest BCUT2D eigenvalue weighted by Crippen LogP contribution is -2.16. The maximum absolute atomic E-state index is 9.13. The molecule has 0 aromatic carbocycles. The fourth-order valence-corrected chi connectivity index (χ4v) is 1.84. The summed E-state index contributed by atoms with van der Waals surface area (Å²) in [6, 6.07) is 0. The molecule has 82 valence electrons. The highest BCUT2D eigenvalue weighted by Gasteiger charge is 2.08. The first kappa shape index (κ1) is 13.7. The van der Waals surface area contributed by atoms with Gasteiger partial charge in [0, 0.05) is 13.0 Å². The molecule has 1 unspecified atom stereocenters. The Labute approximate surface area is 89.9 Å². The van der Waals surface area contributed by atoms with Crippen LogP contribution >= 0.6 is 0 Å². The van der Waals surface area contributed by atoms with Crippen LogP contribution < -0.4 is 0 Å². The van der Waals surface area contributed by atoms with Gasteiger partial charge in [0.05, 0.1) is 0 Å². The van der Waals surface area contributed by atoms with Crippen LogP contribution in [0.5, 0.6) is 0 Å². The average Bonchev–Trinajstić information content (AvgIpc) is 2.09. The molecule has 1 N–H and O–H groups in total. The molecular weight excluding hydrogens is 188 g/mol. The zero-order valence-electron chi connectivity index (χ0n) is 10.1. The van der Waals surface area contributed by atoms with Crippen LogP contribution in [0.2, 0.25) is 19.6 Å². The van der Waals surface area contributed by atoms with Crippen molar-refractivity contribution < 1.29 is 5.11 Å². The first-order valence-corrected chi connectivity index (χ1v) is 9.10. The minimum absolute atomic E-state index is 0.292. The van der Waals surface area contributed by atoms with E-state index >= 15 is 0 Å². The van der Waals surface area contributed by atoms with E-state index in [0.717, 1.165) is 12.8 Å². The molecule has 0 rings (SSSR count). The second kappa shape index (κ2) is 7.08. The molecule has 0 aromatic heterocycles. The molecule has 0 aliphatic heterocycles. The van der Waals surface area contributed by atoms with Crippen LogP contribution in [0, 0.1) is 17.4 Å². The van der Waals surface area contributed by atoms with Gasteiger partial charge in [0.25, 0.3) is 0 Å². The van der Waals surface area contributed by atoms with E-state index in [4.69, 9.17) is 5.11 Å². The molecule has 14 heavy (non-hydrogen) atoms. The smallest absolute Gasteiger partial charge is 0.129 e. The van der Waals surface area contributed by atoms with Crippen molar-refractivity contribution >= 4 is 8.07 Å². The molecule has 0 spiro atoms. The second-order valence-corrected chi connectivity index (χ2v) is 9.70. The third-order valence-electron chi connectivity index (χ3n) is 2.08. The van der Waals surface area contributed by atoms with Crippen molar-refractivity contribution in [1.82, 2.24) is 0 Å². The number of aliphatic hydroxyl groups excluding tert-OH is 1. The Bertz CT molecular complexity index is 195. The van der Waals surface area contributed by atoms with Gasteiger partial charge in [-0.25, -0.2) is 0 Å². The summed E-state index contributed by atoms with van der Waals surface area (Å²) in [5.74, 6) is 3.64. The van der Waals surface area contributed by atoms with E-state index < -0.39 is 8.07 Å². The van der Waals surface area contributed by atoms with Gasteiger partial charge in [-0.1, -0.05) is 39.4 Å². The van der Waals surface area contributed by atoms with Crippen molar-refractivity contribution in [2.75, 3.05) is 6.61 Å². The van der Waals surface area contributed by atoms with E-state index in [1.165, 1.54) is 12.8 Å². The van der Waals surface area contributed by atoms with E-state index in [9.17, 15) is 0 Å². The van der Waals surface area contributed by atoms with Crippen LogP contribution in [-0.4, -0.2) is 19.8 Å². The molecule has 0 fully saturated rings. The van der Waals surface area contributed by atoms with E-state index in [1.54, 1.807) is 0 Å². The van der Waals surface area contributed by atoms with Crippen molar-refractivity contribution in [2.45, 2.75) is 52.2 Å². The summed E-state index contributed by atoms with van der Waals surface area (Å²) in [7, 11) is -1.21. The number of hydrogen-bond donors (Lipinski definition) is 1. The van der Waals surface area contributed by atoms with Crippen LogP contribution in [-0.2, 0) is 0 Å². The maximum atomic E-state index is 9.13. The monoisotopic (exact) mass is 212 g/mol. The zero-order chi connectivity index (χ0) is 11.0. The van der Waals surface area contributed by atoms with Gasteiger partial charge in [-0.3, -0.25) is 0 Å². The van der Waals surface area contributed by atoms with E-state index in [2.05, 4.69) is 38.0 Å². The molecule has 0 saturated carbocycles. The van der Waals surface area contributed by atoms with Crippen LogP contribution in [0.15, 0.2) is 0 Å². The zero-order valence-corrected chi connectivity index (χ0v) is 11.1. The van der Waals surface area contributed by atoms with Crippen molar-refractivity contribution in [3.8, 4) is 11.5 Å². The average molecular weight is 212 g/mol. The first-order valence-electron chi connectivity index (χ1n) is 5.60. The fraction of sp³-hybridized carbons (Fsp3) is 0.833. The molecule has 0 aliphatic carbocycles. The number of aliphatic hydroxyl groups is 1. The van der Waals surface area contributed by atoms with Gasteiger partial charge < -0.3 is 5.11 Å². The molecule has 2 heteroatoms. The lowest BCUT2D eigenvalue weighted by atomic mass is 10.0. The topological polar surface area (TPSA) is 20.2 Å². The van der Waals surface area contributed by atoms with Gasteiger partial charge in [0.2, 0.25) is 0 Å². The second-order valence-electron chi connectivity index (χ2n) is 4.95. The Morgan fingerprint density at radius 2 is 1.93 bits per heavy atom. The lowest BCUT2D eigenvalue weighted by molar-refractivity contribution is 0.219. The number of hydrogen-bond acceptors (Lipinski definition) is 1. The molecule has 0 aliphatic rings. The third kappa shape index (κ3) is 8.34. The van der Waals surface area contributed by atoms with E-state index in [0.29, 0.717) is 12.5 Å². The highest BCUT2D eigenvalue weighted by atomic mass is 28.3. The van der Waals surface area contributed by atoms with Crippen LogP contribution in [0.3, 0.4) is 0 Å². The predicted octanol–water partition coefficient (Wildman–Crippen LogP) is 3.06. The molecule has 0 heterocycles. The summed E-state index contributed by atoms with van der Waals surface area (Å²) in [5, 5.41) is 9.13. The number of rotatable bonds is 5. The highest BCUT2D eigenvalue weighted by molar-refractivity contribution is 6.83. The van der Waals surface area contributed by atoms with Gasteiger partial charge in [0.1, 0.15) is 8.07 Å². The maximum Gasteiger partial charge on any atom is 0.129 e. The molecule has 1 atom stereocenters. The molecular formula is C12H24OSi. The molecule has 1 nitrogen and oxygen atoms in total. The Morgan fingerprint density at radius 1 is 1.29 bits per heavy atom. The summed E-state index contributed by atoms with van der Waals surface area (Å²) in [6.07, 6.45) is 4.41. The Hall–Kier alpha value is -0.263. The largest absolute Gasteiger partial charge is 0.396 e. The van der Waals surface area contributed by atoms with Crippen LogP contribution in [0.25, 0.3) is 0 Å². The van der Waals surface area contributed by atoms with E-state index in [1.807, 2.05) is 0 Å². The molecule has 0 radical (unpaired) electrons. The van der Waals surface area contributed by atoms with Crippen molar-refractivity contribution in [2.24, 2.45) is 5.92 Å². The summed E-state index contributed by atoms with van der Waals surface area (Å²) < 4.78 is 0. The molecule has 0 saturated heterocycles. The van der Waals surface area contributed by atoms with Gasteiger partial charge in [-0.2, -0.15) is 0 Å². The van der Waals surface area contributed by atoms with Crippen molar-refractivity contribution in [3.63, 3.8) is 0 Å². The normalized spacial score (nSPS) is 13.2. The van der Waals surface area contributed by atoms with Gasteiger partial charge in [-0.05, 0) is 12.3 Å². The Morgan fingerprint density at radius 3 is 2.36 bits per heavy atom. The minimum Gasteiger partial charge on any atom is -0.396 e. The van der Waals surface area contributed by atoms with Crippen molar-refractivity contribution in [3.05, 3.63) is 0 Å². The minimum atomic E-state index is -1.21. The standard InChI is InChI=1S/C12H24OSi/c1-5-6-8-12(11-13)9-7-10-14(2,3)4/h12-13H,5-6,8-9,11H2,1-4H3. The summed E-state index contributed by atoms with van der Waals surface area (Å²) >= 11 is 0. The lowest BCUT2D eigenvalue weighted by Gasteiger charge is -2.10. The highest BCUT2D eigenvalue weighted by Crippen LogP contribution is 2.11. The molecule has 0 aromatic rings. The number of unbranched alkanes of at least 4 members (excludes halogenated alkanes) is 1. The fourth-order valence-electron chi connectivity index (χ4n) is 1.21.